The van der Waals surface area contributed by atoms with Gasteiger partial charge in [-0.2, -0.15) is 0 Å². The van der Waals surface area contributed by atoms with Crippen LogP contribution in [0.15, 0.2) is 49.2 Å². The third-order valence-corrected chi connectivity index (χ3v) is 2.31. The molecule has 0 aliphatic carbocycles. The molecule has 3 nitrogen and oxygen atoms in total. The Bertz CT molecular complexity index is 452. The topological polar surface area (TPSA) is 51.8 Å². The maximum atomic E-state index is 12.9. The minimum atomic E-state index is -0.415. The number of aromatic nitrogens is 2. The van der Waals surface area contributed by atoms with Gasteiger partial charge in [-0.05, 0) is 31.1 Å². The first-order chi connectivity index (χ1) is 8.04. The van der Waals surface area contributed by atoms with Crippen LogP contribution in [0.25, 0.3) is 0 Å². The Morgan fingerprint density at radius 2 is 2.35 bits per heavy atom. The van der Waals surface area contributed by atoms with Crippen molar-refractivity contribution in [1.82, 2.24) is 9.97 Å². The molecule has 0 aliphatic heterocycles. The summed E-state index contributed by atoms with van der Waals surface area (Å²) >= 11 is 0. The first-order valence-corrected chi connectivity index (χ1v) is 5.24. The molecule has 1 atom stereocenters. The van der Waals surface area contributed by atoms with Crippen LogP contribution in [0.4, 0.5) is 4.39 Å². The summed E-state index contributed by atoms with van der Waals surface area (Å²) in [5.74, 6) is -0.415. The maximum Gasteiger partial charge on any atom is 0.122 e. The predicted octanol–water partition coefficient (Wildman–Crippen LogP) is 2.77. The summed E-state index contributed by atoms with van der Waals surface area (Å²) in [6.45, 7) is 8.97. The van der Waals surface area contributed by atoms with Crippen molar-refractivity contribution in [1.29, 1.82) is 0 Å². The lowest BCUT2D eigenvalue weighted by Crippen LogP contribution is -2.14. The average Bonchev–Trinajstić information content (AvgIpc) is 2.29. The predicted molar refractivity (Wildman–Crippen MR) is 66.8 cm³/mol. The Morgan fingerprint density at radius 1 is 1.65 bits per heavy atom. The third-order valence-electron chi connectivity index (χ3n) is 2.31. The second-order valence-electron chi connectivity index (χ2n) is 3.79. The highest BCUT2D eigenvalue weighted by atomic mass is 19.1. The largest absolute Gasteiger partial charge is 0.322 e. The van der Waals surface area contributed by atoms with Crippen LogP contribution >= 0.6 is 0 Å². The van der Waals surface area contributed by atoms with E-state index in [-0.39, 0.29) is 6.04 Å². The molecule has 1 aromatic heterocycles. The zero-order valence-corrected chi connectivity index (χ0v) is 9.86. The van der Waals surface area contributed by atoms with Gasteiger partial charge in [0.15, 0.2) is 0 Å². The summed E-state index contributed by atoms with van der Waals surface area (Å²) in [4.78, 5) is 8.01. The van der Waals surface area contributed by atoms with Gasteiger partial charge in [-0.3, -0.25) is 0 Å². The molecule has 1 unspecified atom stereocenters. The number of hydrogen-bond donors (Lipinski definition) is 1. The quantitative estimate of drug-likeness (QED) is 0.795. The molecule has 0 saturated carbocycles. The highest BCUT2D eigenvalue weighted by molar-refractivity contribution is 5.26. The fourth-order valence-electron chi connectivity index (χ4n) is 1.49. The molecular weight excluding hydrogens is 217 g/mol. The van der Waals surface area contributed by atoms with Crippen molar-refractivity contribution in [3.8, 4) is 0 Å². The van der Waals surface area contributed by atoms with Gasteiger partial charge in [0.05, 0.1) is 11.7 Å². The van der Waals surface area contributed by atoms with E-state index in [4.69, 9.17) is 5.73 Å². The molecule has 4 heteroatoms. The minimum absolute atomic E-state index is 0.306. The summed E-state index contributed by atoms with van der Waals surface area (Å²) in [6.07, 6.45) is 6.05. The lowest BCUT2D eigenvalue weighted by Gasteiger charge is -2.12. The van der Waals surface area contributed by atoms with Crippen LogP contribution in [0.2, 0.25) is 0 Å². The molecule has 17 heavy (non-hydrogen) atoms. The van der Waals surface area contributed by atoms with Gasteiger partial charge in [-0.15, -0.1) is 0 Å². The Kier molecular flexibility index (Phi) is 4.72. The van der Waals surface area contributed by atoms with Crippen molar-refractivity contribution in [3.63, 3.8) is 0 Å². The van der Waals surface area contributed by atoms with Crippen molar-refractivity contribution in [2.45, 2.75) is 19.4 Å². The number of rotatable bonds is 5. The van der Waals surface area contributed by atoms with Gasteiger partial charge in [0.1, 0.15) is 12.2 Å². The summed E-state index contributed by atoms with van der Waals surface area (Å²) in [6, 6.07) is -0.306. The van der Waals surface area contributed by atoms with E-state index in [2.05, 4.69) is 23.1 Å². The van der Waals surface area contributed by atoms with E-state index in [0.717, 1.165) is 17.3 Å². The zero-order valence-electron chi connectivity index (χ0n) is 9.86. The molecule has 1 heterocycles. The molecule has 0 aromatic carbocycles. The molecule has 0 spiro atoms. The number of nitrogens with two attached hydrogens (primary N) is 1. The Balaban J connectivity index is 2.74. The smallest absolute Gasteiger partial charge is 0.122 e. The van der Waals surface area contributed by atoms with E-state index in [1.54, 1.807) is 6.20 Å². The van der Waals surface area contributed by atoms with E-state index in [1.165, 1.54) is 12.4 Å². The van der Waals surface area contributed by atoms with Crippen LogP contribution in [-0.4, -0.2) is 9.97 Å². The minimum Gasteiger partial charge on any atom is -0.322 e. The SMILES string of the molecule is C=CC(F)=CC(=C)CC(N)c1ncncc1C. The van der Waals surface area contributed by atoms with Crippen LogP contribution in [0.5, 0.6) is 0 Å². The van der Waals surface area contributed by atoms with Crippen LogP contribution in [-0.2, 0) is 0 Å². The van der Waals surface area contributed by atoms with Crippen molar-refractivity contribution in [2.24, 2.45) is 5.73 Å². The summed E-state index contributed by atoms with van der Waals surface area (Å²) in [5, 5.41) is 0. The molecule has 1 aromatic rings. The summed E-state index contributed by atoms with van der Waals surface area (Å²) in [7, 11) is 0. The van der Waals surface area contributed by atoms with E-state index in [9.17, 15) is 4.39 Å². The molecule has 90 valence electrons. The van der Waals surface area contributed by atoms with Crippen LogP contribution < -0.4 is 5.73 Å². The number of aryl methyl sites for hydroxylation is 1. The highest BCUT2D eigenvalue weighted by Gasteiger charge is 2.11. The molecule has 0 saturated heterocycles. The van der Waals surface area contributed by atoms with Gasteiger partial charge in [-0.1, -0.05) is 18.7 Å². The van der Waals surface area contributed by atoms with E-state index in [0.29, 0.717) is 12.0 Å². The molecular formula is C13H16FN3. The lowest BCUT2D eigenvalue weighted by atomic mass is 10.0. The normalized spacial score (nSPS) is 13.2. The first kappa shape index (κ1) is 13.3. The molecule has 0 radical (unpaired) electrons. The Labute approximate surface area is 101 Å². The number of allylic oxidation sites excluding steroid dienone is 3. The summed E-state index contributed by atoms with van der Waals surface area (Å²) in [5.41, 5.74) is 8.27. The van der Waals surface area contributed by atoms with Gasteiger partial charge in [0, 0.05) is 6.20 Å². The number of hydrogen-bond acceptors (Lipinski definition) is 3. The molecule has 1 rings (SSSR count). The molecule has 0 bridgehead atoms. The van der Waals surface area contributed by atoms with Gasteiger partial charge < -0.3 is 5.73 Å². The third kappa shape index (κ3) is 3.92. The second kappa shape index (κ2) is 6.06. The van der Waals surface area contributed by atoms with Crippen molar-refractivity contribution in [3.05, 3.63) is 60.5 Å². The fraction of sp³-hybridized carbons (Fsp3) is 0.231. The van der Waals surface area contributed by atoms with Crippen LogP contribution in [0, 0.1) is 6.92 Å². The van der Waals surface area contributed by atoms with Crippen molar-refractivity contribution in [2.75, 3.05) is 0 Å². The lowest BCUT2D eigenvalue weighted by molar-refractivity contribution is 0.656. The van der Waals surface area contributed by atoms with Gasteiger partial charge in [0.2, 0.25) is 0 Å². The summed E-state index contributed by atoms with van der Waals surface area (Å²) < 4.78 is 12.9. The maximum absolute atomic E-state index is 12.9. The highest BCUT2D eigenvalue weighted by Crippen LogP contribution is 2.19. The van der Waals surface area contributed by atoms with Gasteiger partial charge in [-0.25, -0.2) is 14.4 Å². The average molecular weight is 233 g/mol. The number of halogens is 1. The first-order valence-electron chi connectivity index (χ1n) is 5.24. The monoisotopic (exact) mass is 233 g/mol. The van der Waals surface area contributed by atoms with Gasteiger partial charge >= 0.3 is 0 Å². The van der Waals surface area contributed by atoms with Crippen molar-refractivity contribution < 1.29 is 4.39 Å². The zero-order chi connectivity index (χ0) is 12.8. The van der Waals surface area contributed by atoms with E-state index in [1.807, 2.05) is 6.92 Å². The number of nitrogens with zero attached hydrogens (tertiary/aromatic N) is 2. The van der Waals surface area contributed by atoms with Gasteiger partial charge in [0.25, 0.3) is 0 Å². The molecule has 0 fully saturated rings. The molecule has 2 N–H and O–H groups in total. The Morgan fingerprint density at radius 3 is 2.94 bits per heavy atom. The van der Waals surface area contributed by atoms with Crippen LogP contribution in [0.3, 0.4) is 0 Å². The molecule has 0 amide bonds. The fourth-order valence-corrected chi connectivity index (χ4v) is 1.49. The second-order valence-corrected chi connectivity index (χ2v) is 3.79. The molecule has 0 aliphatic rings. The van der Waals surface area contributed by atoms with E-state index < -0.39 is 5.83 Å². The Hall–Kier alpha value is -1.81. The van der Waals surface area contributed by atoms with Crippen LogP contribution in [0.1, 0.15) is 23.7 Å². The standard InChI is InChI=1S/C13H16FN3/c1-4-11(14)5-9(2)6-12(15)13-10(3)7-16-8-17-13/h4-5,7-8,12H,1-2,6,15H2,3H3. The van der Waals surface area contributed by atoms with E-state index >= 15 is 0 Å². The van der Waals surface area contributed by atoms with Crippen molar-refractivity contribution >= 4 is 0 Å².